The second-order valence-corrected chi connectivity index (χ2v) is 7.28. The van der Waals surface area contributed by atoms with Crippen LogP contribution in [0.2, 0.25) is 0 Å². The molecule has 1 aliphatic rings. The van der Waals surface area contributed by atoms with Gasteiger partial charge in [0, 0.05) is 24.5 Å². The minimum Gasteiger partial charge on any atom is -0.461 e. The number of aromatic nitrogens is 2. The maximum absolute atomic E-state index is 12.6. The first-order valence-corrected chi connectivity index (χ1v) is 9.12. The van der Waals surface area contributed by atoms with Gasteiger partial charge in [-0.05, 0) is 38.0 Å². The van der Waals surface area contributed by atoms with Gasteiger partial charge in [0.05, 0.1) is 23.4 Å². The summed E-state index contributed by atoms with van der Waals surface area (Å²) in [5.74, 6) is 1.53. The number of ether oxygens (including phenoxy) is 1. The number of aryl methyl sites for hydroxylation is 2. The van der Waals surface area contributed by atoms with E-state index in [1.165, 1.54) is 11.3 Å². The lowest BCUT2D eigenvalue weighted by molar-refractivity contribution is 0.0948. The normalized spacial score (nSPS) is 17.3. The van der Waals surface area contributed by atoms with Crippen molar-refractivity contribution in [3.05, 3.63) is 34.5 Å². The summed E-state index contributed by atoms with van der Waals surface area (Å²) in [5, 5.41) is 3.98. The maximum Gasteiger partial charge on any atom is 0.261 e. The van der Waals surface area contributed by atoms with Crippen molar-refractivity contribution in [3.8, 4) is 11.6 Å². The summed E-state index contributed by atoms with van der Waals surface area (Å²) in [6.07, 6.45) is 2.60. The molecule has 6 nitrogen and oxygen atoms in total. The molecule has 1 amide bonds. The van der Waals surface area contributed by atoms with Crippen LogP contribution in [0.15, 0.2) is 22.8 Å². The van der Waals surface area contributed by atoms with Gasteiger partial charge in [-0.3, -0.25) is 4.79 Å². The Kier molecular flexibility index (Phi) is 4.27. The van der Waals surface area contributed by atoms with Crippen LogP contribution in [0.3, 0.4) is 0 Å². The molecule has 0 saturated carbocycles. The summed E-state index contributed by atoms with van der Waals surface area (Å²) in [6, 6.07) is 3.64. The summed E-state index contributed by atoms with van der Waals surface area (Å²) in [7, 11) is 0. The summed E-state index contributed by atoms with van der Waals surface area (Å²) in [4.78, 5) is 23.3. The number of amides is 1. The minimum absolute atomic E-state index is 0.0497. The Labute approximate surface area is 149 Å². The van der Waals surface area contributed by atoms with Crippen molar-refractivity contribution in [2.24, 2.45) is 5.92 Å². The molecule has 25 heavy (non-hydrogen) atoms. The van der Waals surface area contributed by atoms with E-state index >= 15 is 0 Å². The van der Waals surface area contributed by atoms with Crippen LogP contribution in [0.1, 0.15) is 27.3 Å². The molecule has 0 aliphatic carbocycles. The quantitative estimate of drug-likeness (QED) is 0.775. The van der Waals surface area contributed by atoms with E-state index in [4.69, 9.17) is 9.15 Å². The maximum atomic E-state index is 12.6. The molecule has 3 aromatic heterocycles. The van der Waals surface area contributed by atoms with Gasteiger partial charge >= 0.3 is 0 Å². The average Bonchev–Trinajstić information content (AvgIpc) is 3.34. The van der Waals surface area contributed by atoms with Crippen molar-refractivity contribution in [2.75, 3.05) is 19.8 Å². The molecule has 0 spiro atoms. The van der Waals surface area contributed by atoms with E-state index < -0.39 is 0 Å². The van der Waals surface area contributed by atoms with Gasteiger partial charge in [0.15, 0.2) is 11.6 Å². The topological polar surface area (TPSA) is 77.2 Å². The minimum atomic E-state index is -0.0497. The number of hydrogen-bond donors (Lipinski definition) is 1. The molecule has 1 unspecified atom stereocenters. The Morgan fingerprint density at radius 3 is 3.00 bits per heavy atom. The van der Waals surface area contributed by atoms with Crippen LogP contribution in [0.4, 0.5) is 0 Å². The van der Waals surface area contributed by atoms with Gasteiger partial charge in [0.2, 0.25) is 0 Å². The van der Waals surface area contributed by atoms with Crippen LogP contribution in [0.25, 0.3) is 21.8 Å². The van der Waals surface area contributed by atoms with Gasteiger partial charge in [-0.2, -0.15) is 0 Å². The van der Waals surface area contributed by atoms with Crippen LogP contribution in [0, 0.1) is 19.8 Å². The van der Waals surface area contributed by atoms with E-state index in [0.717, 1.165) is 41.1 Å². The lowest BCUT2D eigenvalue weighted by atomic mass is 10.1. The average molecular weight is 357 g/mol. The summed E-state index contributed by atoms with van der Waals surface area (Å²) >= 11 is 1.40. The van der Waals surface area contributed by atoms with Crippen LogP contribution >= 0.6 is 11.3 Å². The second-order valence-electron chi connectivity index (χ2n) is 6.29. The molecule has 1 saturated heterocycles. The predicted octanol–water partition coefficient (Wildman–Crippen LogP) is 3.33. The Hall–Kier alpha value is -2.25. The Balaban J connectivity index is 1.64. The van der Waals surface area contributed by atoms with Gasteiger partial charge in [-0.25, -0.2) is 9.97 Å². The van der Waals surface area contributed by atoms with E-state index in [0.29, 0.717) is 28.9 Å². The highest BCUT2D eigenvalue weighted by Gasteiger charge is 2.22. The van der Waals surface area contributed by atoms with Gasteiger partial charge in [0.1, 0.15) is 4.83 Å². The van der Waals surface area contributed by atoms with E-state index in [1.807, 2.05) is 26.0 Å². The van der Waals surface area contributed by atoms with Crippen molar-refractivity contribution >= 4 is 27.5 Å². The summed E-state index contributed by atoms with van der Waals surface area (Å²) in [6.45, 7) is 6.05. The van der Waals surface area contributed by atoms with E-state index in [-0.39, 0.29) is 5.91 Å². The standard InChI is InChI=1S/C18H19N3O3S/c1-10-14-11(2)20-16(13-4-3-6-24-13)21-18(14)25-15(10)17(22)19-8-12-5-7-23-9-12/h3-4,6,12H,5,7-9H2,1-2H3,(H,19,22). The number of furan rings is 1. The molecule has 1 N–H and O–H groups in total. The van der Waals surface area contributed by atoms with Crippen molar-refractivity contribution in [2.45, 2.75) is 20.3 Å². The second kappa shape index (κ2) is 6.57. The number of nitrogens with one attached hydrogen (secondary N) is 1. The smallest absolute Gasteiger partial charge is 0.261 e. The highest BCUT2D eigenvalue weighted by atomic mass is 32.1. The largest absolute Gasteiger partial charge is 0.461 e. The SMILES string of the molecule is Cc1nc(-c2ccco2)nc2sc(C(=O)NCC3CCOC3)c(C)c12. The first-order valence-electron chi connectivity index (χ1n) is 8.31. The molecule has 130 valence electrons. The lowest BCUT2D eigenvalue weighted by Gasteiger charge is -2.08. The molecule has 0 aromatic carbocycles. The first-order chi connectivity index (χ1) is 12.1. The van der Waals surface area contributed by atoms with Crippen molar-refractivity contribution in [3.63, 3.8) is 0 Å². The van der Waals surface area contributed by atoms with Gasteiger partial charge in [-0.15, -0.1) is 11.3 Å². The zero-order valence-electron chi connectivity index (χ0n) is 14.2. The Morgan fingerprint density at radius 1 is 1.40 bits per heavy atom. The van der Waals surface area contributed by atoms with Gasteiger partial charge < -0.3 is 14.5 Å². The van der Waals surface area contributed by atoms with Gasteiger partial charge in [-0.1, -0.05) is 0 Å². The lowest BCUT2D eigenvalue weighted by Crippen LogP contribution is -2.29. The summed E-state index contributed by atoms with van der Waals surface area (Å²) in [5.41, 5.74) is 1.79. The number of nitrogens with zero attached hydrogens (tertiary/aromatic N) is 2. The Bertz CT molecular complexity index is 911. The fraction of sp³-hybridized carbons (Fsp3) is 0.389. The molecule has 1 atom stereocenters. The third-order valence-electron chi connectivity index (χ3n) is 4.49. The number of hydrogen-bond acceptors (Lipinski definition) is 6. The molecule has 1 aliphatic heterocycles. The van der Waals surface area contributed by atoms with Crippen LogP contribution < -0.4 is 5.32 Å². The molecular formula is C18H19N3O3S. The molecule has 4 rings (SSSR count). The monoisotopic (exact) mass is 357 g/mol. The number of fused-ring (bicyclic) bond motifs is 1. The third-order valence-corrected chi connectivity index (χ3v) is 5.68. The third kappa shape index (κ3) is 3.05. The van der Waals surface area contributed by atoms with E-state index in [2.05, 4.69) is 15.3 Å². The molecule has 4 heterocycles. The number of carbonyl (C=O) groups excluding carboxylic acids is 1. The van der Waals surface area contributed by atoms with Gasteiger partial charge in [0.25, 0.3) is 5.91 Å². The fourth-order valence-electron chi connectivity index (χ4n) is 3.13. The van der Waals surface area contributed by atoms with Crippen molar-refractivity contribution < 1.29 is 13.9 Å². The zero-order chi connectivity index (χ0) is 17.4. The number of carbonyl (C=O) groups is 1. The van der Waals surface area contributed by atoms with E-state index in [9.17, 15) is 4.79 Å². The molecular weight excluding hydrogens is 338 g/mol. The van der Waals surface area contributed by atoms with Crippen LogP contribution in [0.5, 0.6) is 0 Å². The predicted molar refractivity (Wildman–Crippen MR) is 95.9 cm³/mol. The number of rotatable bonds is 4. The zero-order valence-corrected chi connectivity index (χ0v) is 15.0. The first kappa shape index (κ1) is 16.2. The highest BCUT2D eigenvalue weighted by Crippen LogP contribution is 2.33. The molecule has 7 heteroatoms. The fourth-order valence-corrected chi connectivity index (χ4v) is 4.28. The number of thiophene rings is 1. The Morgan fingerprint density at radius 2 is 2.28 bits per heavy atom. The van der Waals surface area contributed by atoms with Crippen molar-refractivity contribution in [1.82, 2.24) is 15.3 Å². The van der Waals surface area contributed by atoms with Crippen LogP contribution in [-0.2, 0) is 4.74 Å². The summed E-state index contributed by atoms with van der Waals surface area (Å²) < 4.78 is 10.7. The molecule has 1 fully saturated rings. The molecule has 0 radical (unpaired) electrons. The molecule has 3 aromatic rings. The van der Waals surface area contributed by atoms with Crippen LogP contribution in [-0.4, -0.2) is 35.6 Å². The molecule has 0 bridgehead atoms. The van der Waals surface area contributed by atoms with Crippen molar-refractivity contribution in [1.29, 1.82) is 0 Å². The van der Waals surface area contributed by atoms with E-state index in [1.54, 1.807) is 6.26 Å². The highest BCUT2D eigenvalue weighted by molar-refractivity contribution is 7.20.